The highest BCUT2D eigenvalue weighted by atomic mass is 35.5. The third-order valence-corrected chi connectivity index (χ3v) is 3.06. The summed E-state index contributed by atoms with van der Waals surface area (Å²) >= 11 is 6.09. The molecule has 0 aliphatic rings. The zero-order chi connectivity index (χ0) is 12.5. The highest BCUT2D eigenvalue weighted by Gasteiger charge is 2.32. The van der Waals surface area contributed by atoms with E-state index < -0.39 is 5.60 Å². The number of aromatic nitrogens is 3. The first-order chi connectivity index (χ1) is 8.07. The van der Waals surface area contributed by atoms with Crippen LogP contribution in [0.5, 0.6) is 0 Å². The van der Waals surface area contributed by atoms with Crippen molar-refractivity contribution in [2.24, 2.45) is 0 Å². The van der Waals surface area contributed by atoms with Crippen LogP contribution in [0.1, 0.15) is 25.1 Å². The summed E-state index contributed by atoms with van der Waals surface area (Å²) in [4.78, 5) is 4.01. The molecule has 0 saturated carbocycles. The molecule has 90 valence electrons. The van der Waals surface area contributed by atoms with Crippen molar-refractivity contribution in [1.29, 1.82) is 0 Å². The molecular weight excluding hydrogens is 238 g/mol. The SMILES string of the molecule is CCn1ncc(Cl)c1C(C)(O)c1cccnc1. The summed E-state index contributed by atoms with van der Waals surface area (Å²) < 4.78 is 1.69. The Morgan fingerprint density at radius 3 is 2.82 bits per heavy atom. The monoisotopic (exact) mass is 251 g/mol. The minimum Gasteiger partial charge on any atom is -0.379 e. The normalized spacial score (nSPS) is 14.6. The minimum atomic E-state index is -1.20. The summed E-state index contributed by atoms with van der Waals surface area (Å²) in [6.07, 6.45) is 4.84. The molecule has 2 heterocycles. The van der Waals surface area contributed by atoms with Crippen LogP contribution < -0.4 is 0 Å². The first-order valence-electron chi connectivity index (χ1n) is 5.42. The van der Waals surface area contributed by atoms with Crippen LogP contribution in [0.3, 0.4) is 0 Å². The summed E-state index contributed by atoms with van der Waals surface area (Å²) in [5.41, 5.74) is 0.0875. The molecule has 0 amide bonds. The van der Waals surface area contributed by atoms with Gasteiger partial charge in [-0.05, 0) is 19.9 Å². The summed E-state index contributed by atoms with van der Waals surface area (Å²) in [5, 5.41) is 15.2. The second kappa shape index (κ2) is 4.47. The zero-order valence-electron chi connectivity index (χ0n) is 9.76. The van der Waals surface area contributed by atoms with E-state index in [1.165, 1.54) is 0 Å². The molecule has 0 aliphatic carbocycles. The van der Waals surface area contributed by atoms with Crippen molar-refractivity contribution < 1.29 is 5.11 Å². The summed E-state index contributed by atoms with van der Waals surface area (Å²) in [6.45, 7) is 4.30. The molecule has 1 atom stereocenters. The van der Waals surface area contributed by atoms with Crippen LogP contribution in [0, 0.1) is 0 Å². The molecule has 1 N–H and O–H groups in total. The predicted molar refractivity (Wildman–Crippen MR) is 65.8 cm³/mol. The maximum atomic E-state index is 10.7. The minimum absolute atomic E-state index is 0.459. The van der Waals surface area contributed by atoms with Crippen LogP contribution in [-0.4, -0.2) is 19.9 Å². The Balaban J connectivity index is 2.55. The average molecular weight is 252 g/mol. The smallest absolute Gasteiger partial charge is 0.131 e. The van der Waals surface area contributed by atoms with Crippen LogP contribution in [0.2, 0.25) is 5.02 Å². The van der Waals surface area contributed by atoms with Gasteiger partial charge in [0.15, 0.2) is 0 Å². The Bertz CT molecular complexity index is 508. The molecule has 0 spiro atoms. The van der Waals surface area contributed by atoms with Gasteiger partial charge in [0.2, 0.25) is 0 Å². The lowest BCUT2D eigenvalue weighted by Crippen LogP contribution is -2.27. The molecular formula is C12H14ClN3O. The van der Waals surface area contributed by atoms with Gasteiger partial charge in [-0.1, -0.05) is 17.7 Å². The van der Waals surface area contributed by atoms with Crippen molar-refractivity contribution in [1.82, 2.24) is 14.8 Å². The third kappa shape index (κ3) is 2.06. The maximum absolute atomic E-state index is 10.7. The van der Waals surface area contributed by atoms with E-state index in [-0.39, 0.29) is 0 Å². The Kier molecular flexibility index (Phi) is 3.17. The van der Waals surface area contributed by atoms with Gasteiger partial charge in [0.25, 0.3) is 0 Å². The lowest BCUT2D eigenvalue weighted by atomic mass is 9.94. The van der Waals surface area contributed by atoms with Crippen LogP contribution in [0.4, 0.5) is 0 Å². The second-order valence-corrected chi connectivity index (χ2v) is 4.38. The van der Waals surface area contributed by atoms with E-state index in [9.17, 15) is 5.11 Å². The van der Waals surface area contributed by atoms with E-state index >= 15 is 0 Å². The van der Waals surface area contributed by atoms with Gasteiger partial charge >= 0.3 is 0 Å². The highest BCUT2D eigenvalue weighted by Crippen LogP contribution is 2.33. The number of aryl methyl sites for hydroxylation is 1. The summed E-state index contributed by atoms with van der Waals surface area (Å²) in [6, 6.07) is 3.60. The third-order valence-electron chi connectivity index (χ3n) is 2.78. The van der Waals surface area contributed by atoms with Gasteiger partial charge in [-0.2, -0.15) is 5.10 Å². The van der Waals surface area contributed by atoms with E-state index in [4.69, 9.17) is 11.6 Å². The van der Waals surface area contributed by atoms with Gasteiger partial charge in [-0.15, -0.1) is 0 Å². The summed E-state index contributed by atoms with van der Waals surface area (Å²) in [5.74, 6) is 0. The molecule has 0 radical (unpaired) electrons. The number of nitrogens with zero attached hydrogens (tertiary/aromatic N) is 3. The van der Waals surface area contributed by atoms with Gasteiger partial charge in [0, 0.05) is 24.5 Å². The number of hydrogen-bond acceptors (Lipinski definition) is 3. The fraction of sp³-hybridized carbons (Fsp3) is 0.333. The molecule has 0 fully saturated rings. The number of hydrogen-bond donors (Lipinski definition) is 1. The first kappa shape index (κ1) is 12.1. The largest absolute Gasteiger partial charge is 0.379 e. The van der Waals surface area contributed by atoms with Crippen LogP contribution >= 0.6 is 11.6 Å². The van der Waals surface area contributed by atoms with Crippen LogP contribution in [0.25, 0.3) is 0 Å². The van der Waals surface area contributed by atoms with Crippen LogP contribution in [0.15, 0.2) is 30.7 Å². The number of aliphatic hydroxyl groups is 1. The van der Waals surface area contributed by atoms with Gasteiger partial charge < -0.3 is 5.11 Å². The molecule has 0 saturated heterocycles. The van der Waals surface area contributed by atoms with Crippen LogP contribution in [-0.2, 0) is 12.1 Å². The van der Waals surface area contributed by atoms with E-state index in [0.29, 0.717) is 22.8 Å². The number of rotatable bonds is 3. The fourth-order valence-corrected chi connectivity index (χ4v) is 2.20. The molecule has 2 aromatic rings. The lowest BCUT2D eigenvalue weighted by Gasteiger charge is -2.24. The summed E-state index contributed by atoms with van der Waals surface area (Å²) in [7, 11) is 0. The van der Waals surface area contributed by atoms with Crippen molar-refractivity contribution >= 4 is 11.6 Å². The first-order valence-corrected chi connectivity index (χ1v) is 5.79. The predicted octanol–water partition coefficient (Wildman–Crippen LogP) is 2.21. The lowest BCUT2D eigenvalue weighted by molar-refractivity contribution is 0.0915. The Morgan fingerprint density at radius 2 is 2.24 bits per heavy atom. The average Bonchev–Trinajstić information content (AvgIpc) is 2.72. The van der Waals surface area contributed by atoms with Gasteiger partial charge in [0.1, 0.15) is 5.60 Å². The molecule has 1 unspecified atom stereocenters. The Morgan fingerprint density at radius 1 is 1.47 bits per heavy atom. The van der Waals surface area contributed by atoms with E-state index in [1.54, 1.807) is 36.3 Å². The maximum Gasteiger partial charge on any atom is 0.131 e. The van der Waals surface area contributed by atoms with Gasteiger partial charge in [0.05, 0.1) is 16.9 Å². The number of pyridine rings is 1. The Hall–Kier alpha value is -1.39. The van der Waals surface area contributed by atoms with Crippen molar-refractivity contribution in [3.05, 3.63) is 47.0 Å². The molecule has 0 bridgehead atoms. The second-order valence-electron chi connectivity index (χ2n) is 3.97. The van der Waals surface area contributed by atoms with Crippen molar-refractivity contribution in [2.45, 2.75) is 26.0 Å². The van der Waals surface area contributed by atoms with Crippen molar-refractivity contribution in [3.63, 3.8) is 0 Å². The molecule has 17 heavy (non-hydrogen) atoms. The standard InChI is InChI=1S/C12H14ClN3O/c1-3-16-11(10(13)8-15-16)12(2,17)9-5-4-6-14-7-9/h4-8,17H,3H2,1-2H3. The van der Waals surface area contributed by atoms with Gasteiger partial charge in [-0.25, -0.2) is 0 Å². The van der Waals surface area contributed by atoms with Gasteiger partial charge in [-0.3, -0.25) is 9.67 Å². The van der Waals surface area contributed by atoms with E-state index in [2.05, 4.69) is 10.1 Å². The zero-order valence-corrected chi connectivity index (χ0v) is 10.5. The number of halogens is 1. The van der Waals surface area contributed by atoms with Crippen molar-refractivity contribution in [2.75, 3.05) is 0 Å². The molecule has 0 aromatic carbocycles. The fourth-order valence-electron chi connectivity index (χ4n) is 1.87. The molecule has 5 heteroatoms. The molecule has 2 rings (SSSR count). The molecule has 4 nitrogen and oxygen atoms in total. The Labute approximate surface area is 105 Å². The topological polar surface area (TPSA) is 50.9 Å². The van der Waals surface area contributed by atoms with Crippen molar-refractivity contribution in [3.8, 4) is 0 Å². The quantitative estimate of drug-likeness (QED) is 0.910. The van der Waals surface area contributed by atoms with E-state index in [0.717, 1.165) is 0 Å². The van der Waals surface area contributed by atoms with E-state index in [1.807, 2.05) is 13.0 Å². The molecule has 0 aliphatic heterocycles. The highest BCUT2D eigenvalue weighted by molar-refractivity contribution is 6.31. The molecule has 2 aromatic heterocycles.